The minimum Gasteiger partial charge on any atom is -0.497 e. The number of β-amino-alcohol motifs (C(OH)–C–C–N with tert-alkyl or cyclic N) is 1. The summed E-state index contributed by atoms with van der Waals surface area (Å²) in [7, 11) is 1.61. The maximum Gasteiger partial charge on any atom is 0.410 e. The summed E-state index contributed by atoms with van der Waals surface area (Å²) < 4.78 is 10.6. The first-order chi connectivity index (χ1) is 13.1. The number of likely N-dealkylation sites (tertiary alicyclic amines) is 1. The summed E-state index contributed by atoms with van der Waals surface area (Å²) in [4.78, 5) is 26.9. The lowest BCUT2D eigenvalue weighted by atomic mass is 9.85. The lowest BCUT2D eigenvalue weighted by molar-refractivity contribution is -0.0284. The van der Waals surface area contributed by atoms with Crippen LogP contribution in [0.25, 0.3) is 10.8 Å². The average Bonchev–Trinajstić information content (AvgIpc) is 2.65. The zero-order valence-corrected chi connectivity index (χ0v) is 16.8. The van der Waals surface area contributed by atoms with Gasteiger partial charge in [0, 0.05) is 12.1 Å². The van der Waals surface area contributed by atoms with Crippen molar-refractivity contribution in [2.24, 2.45) is 0 Å². The van der Waals surface area contributed by atoms with Crippen molar-refractivity contribution >= 4 is 22.6 Å². The van der Waals surface area contributed by atoms with Gasteiger partial charge in [-0.05, 0) is 62.6 Å². The number of carbonyl (C=O) groups excluding carboxylic acids is 2. The van der Waals surface area contributed by atoms with Crippen molar-refractivity contribution in [3.8, 4) is 5.75 Å². The fourth-order valence-electron chi connectivity index (χ4n) is 3.46. The topological polar surface area (TPSA) is 76.1 Å². The number of Topliss-reactive ketones (excluding diaryl/α,β-unsaturated/α-hetero) is 1. The summed E-state index contributed by atoms with van der Waals surface area (Å²) in [6, 6.07) is 10.9. The van der Waals surface area contributed by atoms with Crippen LogP contribution in [-0.2, 0) is 4.74 Å². The summed E-state index contributed by atoms with van der Waals surface area (Å²) in [5, 5.41) is 12.9. The molecule has 2 aromatic carbocycles. The molecule has 1 amide bonds. The number of ketones is 1. The number of benzene rings is 2. The average molecular weight is 385 g/mol. The van der Waals surface area contributed by atoms with Gasteiger partial charge < -0.3 is 19.5 Å². The van der Waals surface area contributed by atoms with E-state index in [1.165, 1.54) is 4.90 Å². The highest BCUT2D eigenvalue weighted by Gasteiger charge is 2.42. The van der Waals surface area contributed by atoms with Crippen LogP contribution < -0.4 is 4.74 Å². The van der Waals surface area contributed by atoms with E-state index in [-0.39, 0.29) is 12.3 Å². The number of hydrogen-bond donors (Lipinski definition) is 1. The van der Waals surface area contributed by atoms with Gasteiger partial charge in [0.2, 0.25) is 0 Å². The van der Waals surface area contributed by atoms with Crippen molar-refractivity contribution in [2.45, 2.75) is 44.8 Å². The van der Waals surface area contributed by atoms with Crippen molar-refractivity contribution in [3.63, 3.8) is 0 Å². The molecule has 1 heterocycles. The number of nitrogens with zero attached hydrogens (tertiary/aromatic N) is 1. The molecular weight excluding hydrogens is 358 g/mol. The van der Waals surface area contributed by atoms with E-state index in [1.807, 2.05) is 24.3 Å². The third-order valence-electron chi connectivity index (χ3n) is 4.85. The summed E-state index contributed by atoms with van der Waals surface area (Å²) in [5.41, 5.74) is -1.82. The fourth-order valence-corrected chi connectivity index (χ4v) is 3.46. The van der Waals surface area contributed by atoms with Gasteiger partial charge in [-0.1, -0.05) is 18.2 Å². The number of fused-ring (bicyclic) bond motifs is 1. The number of rotatable bonds is 3. The van der Waals surface area contributed by atoms with Gasteiger partial charge in [-0.2, -0.15) is 0 Å². The van der Waals surface area contributed by atoms with E-state index in [9.17, 15) is 14.7 Å². The molecule has 0 aromatic heterocycles. The van der Waals surface area contributed by atoms with Crippen LogP contribution in [0.3, 0.4) is 0 Å². The molecule has 1 aliphatic rings. The summed E-state index contributed by atoms with van der Waals surface area (Å²) in [5.74, 6) is 0.365. The van der Waals surface area contributed by atoms with Gasteiger partial charge in [0.25, 0.3) is 0 Å². The van der Waals surface area contributed by atoms with E-state index in [0.717, 1.165) is 16.5 Å². The minimum absolute atomic E-state index is 0.0681. The Bertz CT molecular complexity index is 901. The fraction of sp³-hybridized carbons (Fsp3) is 0.455. The Morgan fingerprint density at radius 1 is 1.11 bits per heavy atom. The predicted octanol–water partition coefficient (Wildman–Crippen LogP) is 3.79. The Balaban J connectivity index is 1.82. The zero-order valence-electron chi connectivity index (χ0n) is 16.8. The largest absolute Gasteiger partial charge is 0.497 e. The van der Waals surface area contributed by atoms with Gasteiger partial charge in [-0.15, -0.1) is 0 Å². The van der Waals surface area contributed by atoms with Gasteiger partial charge in [-0.3, -0.25) is 4.79 Å². The van der Waals surface area contributed by atoms with Gasteiger partial charge >= 0.3 is 6.09 Å². The summed E-state index contributed by atoms with van der Waals surface area (Å²) in [6.45, 7) is 5.76. The Morgan fingerprint density at radius 2 is 1.79 bits per heavy atom. The van der Waals surface area contributed by atoms with Crippen molar-refractivity contribution in [3.05, 3.63) is 42.0 Å². The maximum atomic E-state index is 13.1. The van der Waals surface area contributed by atoms with E-state index in [2.05, 4.69) is 0 Å². The molecule has 1 fully saturated rings. The molecule has 0 radical (unpaired) electrons. The number of methoxy groups -OCH3 is 1. The highest BCUT2D eigenvalue weighted by molar-refractivity contribution is 6.05. The number of amides is 1. The van der Waals surface area contributed by atoms with Gasteiger partial charge in [0.05, 0.1) is 13.7 Å². The standard InChI is InChI=1S/C22H27NO5/c1-21(2,3)28-20(25)23-11-5-10-22(26,14-23)19(24)17-7-6-16-13-18(27-4)9-8-15(16)12-17/h6-9,12-13,26H,5,10-11,14H2,1-4H3. The van der Waals surface area contributed by atoms with E-state index in [1.54, 1.807) is 40.0 Å². The van der Waals surface area contributed by atoms with Crippen LogP contribution in [-0.4, -0.2) is 53.3 Å². The third kappa shape index (κ3) is 4.28. The summed E-state index contributed by atoms with van der Waals surface area (Å²) >= 11 is 0. The Kier molecular flexibility index (Phi) is 5.35. The number of aliphatic hydroxyl groups is 1. The molecule has 0 aliphatic carbocycles. The van der Waals surface area contributed by atoms with Gasteiger partial charge in [-0.25, -0.2) is 4.79 Å². The van der Waals surface area contributed by atoms with E-state index >= 15 is 0 Å². The van der Waals surface area contributed by atoms with Crippen molar-refractivity contribution in [1.29, 1.82) is 0 Å². The van der Waals surface area contributed by atoms with Gasteiger partial charge in [0.15, 0.2) is 5.78 Å². The molecule has 6 heteroatoms. The quantitative estimate of drug-likeness (QED) is 0.814. The minimum atomic E-state index is -1.62. The molecule has 0 bridgehead atoms. The maximum absolute atomic E-state index is 13.1. The Labute approximate surface area is 165 Å². The van der Waals surface area contributed by atoms with E-state index in [0.29, 0.717) is 24.9 Å². The third-order valence-corrected chi connectivity index (χ3v) is 4.85. The lowest BCUT2D eigenvalue weighted by Crippen LogP contribution is -2.55. The molecule has 6 nitrogen and oxygen atoms in total. The molecule has 0 saturated carbocycles. The van der Waals surface area contributed by atoms with Crippen LogP contribution in [0.15, 0.2) is 36.4 Å². The van der Waals surface area contributed by atoms with Crippen molar-refractivity contribution in [2.75, 3.05) is 20.2 Å². The molecular formula is C22H27NO5. The van der Waals surface area contributed by atoms with Crippen molar-refractivity contribution < 1.29 is 24.2 Å². The molecule has 0 spiro atoms. The lowest BCUT2D eigenvalue weighted by Gasteiger charge is -2.38. The summed E-state index contributed by atoms with van der Waals surface area (Å²) in [6.07, 6.45) is 0.335. The van der Waals surface area contributed by atoms with Gasteiger partial charge in [0.1, 0.15) is 17.0 Å². The van der Waals surface area contributed by atoms with Crippen molar-refractivity contribution in [1.82, 2.24) is 4.90 Å². The molecule has 1 saturated heterocycles. The molecule has 1 aliphatic heterocycles. The van der Waals surface area contributed by atoms with Crippen LogP contribution in [0.2, 0.25) is 0 Å². The van der Waals surface area contributed by atoms with E-state index in [4.69, 9.17) is 9.47 Å². The first kappa shape index (κ1) is 20.1. The molecule has 2 aromatic rings. The normalized spacial score (nSPS) is 20.1. The first-order valence-electron chi connectivity index (χ1n) is 9.44. The number of hydrogen-bond acceptors (Lipinski definition) is 5. The molecule has 1 N–H and O–H groups in total. The highest BCUT2D eigenvalue weighted by Crippen LogP contribution is 2.29. The van der Waals surface area contributed by atoms with Crippen LogP contribution in [0.1, 0.15) is 44.0 Å². The molecule has 1 unspecified atom stereocenters. The first-order valence-corrected chi connectivity index (χ1v) is 9.44. The van der Waals surface area contributed by atoms with Crippen LogP contribution in [0, 0.1) is 0 Å². The Hall–Kier alpha value is -2.60. The second-order valence-electron chi connectivity index (χ2n) is 8.29. The highest BCUT2D eigenvalue weighted by atomic mass is 16.6. The Morgan fingerprint density at radius 3 is 2.46 bits per heavy atom. The van der Waals surface area contributed by atoms with Crippen LogP contribution in [0.4, 0.5) is 4.79 Å². The zero-order chi connectivity index (χ0) is 20.5. The van der Waals surface area contributed by atoms with Crippen LogP contribution in [0.5, 0.6) is 5.75 Å². The second kappa shape index (κ2) is 7.43. The monoisotopic (exact) mass is 385 g/mol. The number of piperidine rings is 1. The van der Waals surface area contributed by atoms with Crippen LogP contribution >= 0.6 is 0 Å². The molecule has 3 rings (SSSR count). The number of carbonyl (C=O) groups is 2. The number of ether oxygens (including phenoxy) is 2. The second-order valence-corrected chi connectivity index (χ2v) is 8.29. The van der Waals surface area contributed by atoms with E-state index < -0.39 is 17.3 Å². The smallest absolute Gasteiger partial charge is 0.410 e. The molecule has 28 heavy (non-hydrogen) atoms. The molecule has 1 atom stereocenters. The molecule has 150 valence electrons. The SMILES string of the molecule is COc1ccc2cc(C(=O)C3(O)CCCN(C(=O)OC(C)(C)C)C3)ccc2c1. The predicted molar refractivity (Wildman–Crippen MR) is 107 cm³/mol.